The van der Waals surface area contributed by atoms with Crippen molar-refractivity contribution in [2.45, 2.75) is 19.3 Å². The number of hydrogen-bond donors (Lipinski definition) is 2. The van der Waals surface area contributed by atoms with Crippen LogP contribution in [0.1, 0.15) is 18.4 Å². The zero-order chi connectivity index (χ0) is 13.2. The van der Waals surface area contributed by atoms with Gasteiger partial charge in [0.2, 0.25) is 5.91 Å². The first-order valence-electron chi connectivity index (χ1n) is 6.28. The summed E-state index contributed by atoms with van der Waals surface area (Å²) < 4.78 is 0. The second kappa shape index (κ2) is 11.1. The van der Waals surface area contributed by atoms with Crippen molar-refractivity contribution in [2.75, 3.05) is 30.9 Å². The van der Waals surface area contributed by atoms with Gasteiger partial charge in [-0.1, -0.05) is 12.1 Å². The molecule has 108 valence electrons. The van der Waals surface area contributed by atoms with Gasteiger partial charge in [-0.15, -0.1) is 12.4 Å². The summed E-state index contributed by atoms with van der Waals surface area (Å²) in [7, 11) is 1.89. The highest BCUT2D eigenvalue weighted by molar-refractivity contribution is 7.98. The lowest BCUT2D eigenvalue weighted by molar-refractivity contribution is -0.116. The Morgan fingerprint density at radius 1 is 1.26 bits per heavy atom. The second-order valence-corrected chi connectivity index (χ2v) is 5.18. The third-order valence-electron chi connectivity index (χ3n) is 2.66. The van der Waals surface area contributed by atoms with Crippen molar-refractivity contribution >= 4 is 35.8 Å². The average molecular weight is 303 g/mol. The summed E-state index contributed by atoms with van der Waals surface area (Å²) >= 11 is 1.85. The maximum Gasteiger partial charge on any atom is 0.224 e. The Hall–Kier alpha value is -0.710. The maximum atomic E-state index is 11.6. The number of nitrogens with one attached hydrogen (secondary N) is 2. The van der Waals surface area contributed by atoms with Crippen LogP contribution in [0, 0.1) is 0 Å². The molecule has 1 aromatic rings. The Morgan fingerprint density at radius 3 is 2.53 bits per heavy atom. The number of rotatable bonds is 8. The monoisotopic (exact) mass is 302 g/mol. The summed E-state index contributed by atoms with van der Waals surface area (Å²) in [4.78, 5) is 11.6. The van der Waals surface area contributed by atoms with E-state index in [-0.39, 0.29) is 18.3 Å². The largest absolute Gasteiger partial charge is 0.326 e. The lowest BCUT2D eigenvalue weighted by Crippen LogP contribution is -2.15. The van der Waals surface area contributed by atoms with Crippen LogP contribution in [0.3, 0.4) is 0 Å². The van der Waals surface area contributed by atoms with Gasteiger partial charge in [0.25, 0.3) is 0 Å². The molecule has 0 saturated heterocycles. The predicted octanol–water partition coefficient (Wildman–Crippen LogP) is 2.95. The van der Waals surface area contributed by atoms with Crippen LogP contribution in [0.2, 0.25) is 0 Å². The van der Waals surface area contributed by atoms with Gasteiger partial charge in [0.05, 0.1) is 0 Å². The fraction of sp³-hybridized carbons (Fsp3) is 0.500. The lowest BCUT2D eigenvalue weighted by Gasteiger charge is -2.06. The summed E-state index contributed by atoms with van der Waals surface area (Å²) in [6.07, 6.45) is 4.63. The van der Waals surface area contributed by atoms with Crippen LogP contribution in [-0.2, 0) is 11.2 Å². The first-order chi connectivity index (χ1) is 8.76. The van der Waals surface area contributed by atoms with Gasteiger partial charge in [0, 0.05) is 12.1 Å². The van der Waals surface area contributed by atoms with Crippen molar-refractivity contribution in [2.24, 2.45) is 0 Å². The highest BCUT2D eigenvalue weighted by Crippen LogP contribution is 2.11. The Balaban J connectivity index is 0.00000324. The Morgan fingerprint density at radius 2 is 1.95 bits per heavy atom. The number of carbonyl (C=O) groups excluding carboxylic acids is 1. The highest BCUT2D eigenvalue weighted by atomic mass is 35.5. The van der Waals surface area contributed by atoms with Crippen LogP contribution in [0.15, 0.2) is 24.3 Å². The van der Waals surface area contributed by atoms with E-state index in [0.717, 1.165) is 30.8 Å². The molecule has 0 spiro atoms. The van der Waals surface area contributed by atoms with Gasteiger partial charge in [-0.3, -0.25) is 4.79 Å². The lowest BCUT2D eigenvalue weighted by atomic mass is 10.1. The van der Waals surface area contributed by atoms with Gasteiger partial charge in [-0.05, 0) is 56.1 Å². The zero-order valence-corrected chi connectivity index (χ0v) is 13.2. The number of halogens is 1. The maximum absolute atomic E-state index is 11.6. The van der Waals surface area contributed by atoms with Crippen LogP contribution in [0.4, 0.5) is 5.69 Å². The molecular formula is C14H23ClN2OS. The number of hydrogen-bond acceptors (Lipinski definition) is 3. The van der Waals surface area contributed by atoms with Gasteiger partial charge >= 0.3 is 0 Å². The van der Waals surface area contributed by atoms with Crippen molar-refractivity contribution in [3.05, 3.63) is 29.8 Å². The van der Waals surface area contributed by atoms with E-state index in [1.807, 2.05) is 30.9 Å². The van der Waals surface area contributed by atoms with E-state index in [0.29, 0.717) is 6.42 Å². The topological polar surface area (TPSA) is 41.1 Å². The van der Waals surface area contributed by atoms with Crippen LogP contribution in [-0.4, -0.2) is 31.5 Å². The van der Waals surface area contributed by atoms with E-state index >= 15 is 0 Å². The number of aryl methyl sites for hydroxylation is 1. The van der Waals surface area contributed by atoms with Crippen molar-refractivity contribution in [3.8, 4) is 0 Å². The molecule has 1 rings (SSSR count). The Bertz CT molecular complexity index is 357. The van der Waals surface area contributed by atoms with E-state index in [1.54, 1.807) is 0 Å². The molecule has 5 heteroatoms. The van der Waals surface area contributed by atoms with Crippen LogP contribution in [0.5, 0.6) is 0 Å². The third kappa shape index (κ3) is 8.14. The molecule has 0 aliphatic rings. The Labute approximate surface area is 126 Å². The molecule has 0 fully saturated rings. The van der Waals surface area contributed by atoms with E-state index in [9.17, 15) is 4.79 Å². The quantitative estimate of drug-likeness (QED) is 0.726. The van der Waals surface area contributed by atoms with Crippen molar-refractivity contribution in [3.63, 3.8) is 0 Å². The first-order valence-corrected chi connectivity index (χ1v) is 7.68. The van der Waals surface area contributed by atoms with E-state index in [2.05, 4.69) is 29.0 Å². The van der Waals surface area contributed by atoms with Crippen LogP contribution < -0.4 is 10.6 Å². The van der Waals surface area contributed by atoms with Crippen molar-refractivity contribution in [1.82, 2.24) is 5.32 Å². The minimum absolute atomic E-state index is 0. The van der Waals surface area contributed by atoms with Crippen LogP contribution >= 0.6 is 24.2 Å². The molecular weight excluding hydrogens is 280 g/mol. The molecule has 0 unspecified atom stereocenters. The minimum atomic E-state index is 0. The van der Waals surface area contributed by atoms with E-state index < -0.39 is 0 Å². The Kier molecular flexibility index (Phi) is 10.7. The molecule has 1 amide bonds. The molecule has 0 atom stereocenters. The smallest absolute Gasteiger partial charge is 0.224 e. The molecule has 2 N–H and O–H groups in total. The zero-order valence-electron chi connectivity index (χ0n) is 11.6. The molecule has 0 bridgehead atoms. The number of benzene rings is 1. The molecule has 1 aromatic carbocycles. The van der Waals surface area contributed by atoms with Gasteiger partial charge in [-0.2, -0.15) is 11.8 Å². The normalized spacial score (nSPS) is 9.79. The van der Waals surface area contributed by atoms with Crippen LogP contribution in [0.25, 0.3) is 0 Å². The molecule has 3 nitrogen and oxygen atoms in total. The number of thioether (sulfide) groups is 1. The molecule has 19 heavy (non-hydrogen) atoms. The molecule has 0 aliphatic heterocycles. The number of carbonyl (C=O) groups is 1. The second-order valence-electron chi connectivity index (χ2n) is 4.20. The molecule has 0 aliphatic carbocycles. The molecule has 0 aromatic heterocycles. The molecule has 0 saturated carbocycles. The average Bonchev–Trinajstić information content (AvgIpc) is 2.38. The third-order valence-corrected chi connectivity index (χ3v) is 3.28. The van der Waals surface area contributed by atoms with Gasteiger partial charge in [0.15, 0.2) is 0 Å². The first kappa shape index (κ1) is 18.3. The highest BCUT2D eigenvalue weighted by Gasteiger charge is 2.01. The summed E-state index contributed by atoms with van der Waals surface area (Å²) in [5, 5.41) is 5.94. The van der Waals surface area contributed by atoms with Gasteiger partial charge in [0.1, 0.15) is 0 Å². The van der Waals surface area contributed by atoms with E-state index in [4.69, 9.17) is 0 Å². The van der Waals surface area contributed by atoms with Gasteiger partial charge < -0.3 is 10.6 Å². The predicted molar refractivity (Wildman–Crippen MR) is 87.6 cm³/mol. The summed E-state index contributed by atoms with van der Waals surface area (Å²) in [6.45, 7) is 0.876. The van der Waals surface area contributed by atoms with Crippen molar-refractivity contribution in [1.29, 1.82) is 0 Å². The van der Waals surface area contributed by atoms with E-state index in [1.165, 1.54) is 5.56 Å². The SMILES string of the molecule is CNCCCC(=O)Nc1ccc(CCSC)cc1.Cl. The summed E-state index contributed by atoms with van der Waals surface area (Å²) in [5.74, 6) is 1.22. The number of amides is 1. The van der Waals surface area contributed by atoms with Gasteiger partial charge in [-0.25, -0.2) is 0 Å². The summed E-state index contributed by atoms with van der Waals surface area (Å²) in [5.41, 5.74) is 2.20. The number of anilines is 1. The standard InChI is InChI=1S/C14H22N2OS.ClH/c1-15-10-3-4-14(17)16-13-7-5-12(6-8-13)9-11-18-2;/h5-8,15H,3-4,9-11H2,1-2H3,(H,16,17);1H. The minimum Gasteiger partial charge on any atom is -0.326 e. The summed E-state index contributed by atoms with van der Waals surface area (Å²) in [6, 6.07) is 8.12. The fourth-order valence-corrected chi connectivity index (χ4v) is 2.06. The fourth-order valence-electron chi connectivity index (χ4n) is 1.62. The molecule has 0 heterocycles. The molecule has 0 radical (unpaired) electrons. The van der Waals surface area contributed by atoms with Crippen molar-refractivity contribution < 1.29 is 4.79 Å².